The Balaban J connectivity index is 0.901. The van der Waals surface area contributed by atoms with Crippen LogP contribution in [0.15, 0.2) is 71.5 Å². The maximum atomic E-state index is 15.9. The predicted octanol–water partition coefficient (Wildman–Crippen LogP) is 7.00. The van der Waals surface area contributed by atoms with E-state index in [-0.39, 0.29) is 53.2 Å². The molecule has 7 rings (SSSR count). The summed E-state index contributed by atoms with van der Waals surface area (Å²) in [5.74, 6) is -1.58. The third-order valence-electron chi connectivity index (χ3n) is 10.3. The molecule has 2 bridgehead atoms. The van der Waals surface area contributed by atoms with Crippen molar-refractivity contribution in [2.24, 2.45) is 5.92 Å². The Labute approximate surface area is 307 Å². The van der Waals surface area contributed by atoms with E-state index in [0.29, 0.717) is 41.9 Å². The molecule has 0 radical (unpaired) electrons. The van der Waals surface area contributed by atoms with Crippen LogP contribution < -0.4 is 20.9 Å². The number of rotatable bonds is 18. The number of aromatic amines is 1. The number of halogens is 2. The lowest BCUT2D eigenvalue weighted by Crippen LogP contribution is -2.52. The van der Waals surface area contributed by atoms with E-state index in [0.717, 1.165) is 64.5 Å². The summed E-state index contributed by atoms with van der Waals surface area (Å²) in [5.41, 5.74) is 0.592. The molecule has 53 heavy (non-hydrogen) atoms. The second kappa shape index (κ2) is 18.3. The van der Waals surface area contributed by atoms with Crippen LogP contribution in [0.5, 0.6) is 11.5 Å². The van der Waals surface area contributed by atoms with Crippen molar-refractivity contribution in [2.75, 3.05) is 39.3 Å². The number of ketones is 1. The first-order valence-corrected chi connectivity index (χ1v) is 18.7. The van der Waals surface area contributed by atoms with Gasteiger partial charge in [-0.15, -0.1) is 0 Å². The molecule has 4 aromatic rings. The number of fused-ring (bicyclic) bond motifs is 4. The molecule has 4 N–H and O–H groups in total. The number of ether oxygens (including phenoxy) is 2. The smallest absolute Gasteiger partial charge is 0.408 e. The van der Waals surface area contributed by atoms with Gasteiger partial charge in [0.05, 0.1) is 30.3 Å². The number of H-pyrrole nitrogens is 1. The molecule has 0 spiro atoms. The first-order valence-electron chi connectivity index (χ1n) is 18.7. The van der Waals surface area contributed by atoms with E-state index < -0.39 is 23.8 Å². The monoisotopic (exact) mass is 730 g/mol. The number of unbranched alkanes of at least 4 members (excludes halogenated alkanes) is 6. The van der Waals surface area contributed by atoms with Crippen molar-refractivity contribution < 1.29 is 33.0 Å². The summed E-state index contributed by atoms with van der Waals surface area (Å²) >= 11 is 0. The number of carbonyl (C=O) groups is 2. The molecule has 3 fully saturated rings. The van der Waals surface area contributed by atoms with Gasteiger partial charge in [0.2, 0.25) is 5.56 Å². The van der Waals surface area contributed by atoms with Gasteiger partial charge in [0.1, 0.15) is 17.7 Å². The number of Topliss-reactive ketones (excluding diaryl/α,β-unsaturated/α-hetero) is 1. The number of hydrogen-bond donors (Lipinski definition) is 4. The van der Waals surface area contributed by atoms with Gasteiger partial charge in [-0.05, 0) is 87.1 Å². The number of benzene rings is 3. The number of carbonyl (C=O) groups excluding carboxylic acids is 2. The van der Waals surface area contributed by atoms with Gasteiger partial charge in [-0.2, -0.15) is 0 Å². The van der Waals surface area contributed by atoms with Crippen molar-refractivity contribution in [3.05, 3.63) is 105 Å². The Hall–Kier alpha value is -4.81. The second-order valence-corrected chi connectivity index (χ2v) is 14.0. The molecule has 0 saturated carbocycles. The molecule has 4 heterocycles. The maximum absolute atomic E-state index is 15.9. The molecule has 3 saturated heterocycles. The number of alkyl carbamates (subject to hydrolysis) is 1. The SMILES string of the molecule is O=C(NC(c1ccccc1)c1c(F)ccc(OCCCCCCCCCNCC(=O)c2ccc(O)c3[nH]c(=O)ccc23)c1F)OC1CN2CCC1CC2. The molecule has 2 unspecified atom stereocenters. The fourth-order valence-corrected chi connectivity index (χ4v) is 7.42. The van der Waals surface area contributed by atoms with Gasteiger partial charge >= 0.3 is 6.09 Å². The summed E-state index contributed by atoms with van der Waals surface area (Å²) in [6.45, 7) is 3.81. The molecular formula is C41H48F2N4O6. The molecule has 2 atom stereocenters. The normalized spacial score (nSPS) is 18.5. The number of hydrogen-bond acceptors (Lipinski definition) is 8. The van der Waals surface area contributed by atoms with Gasteiger partial charge < -0.3 is 30.2 Å². The molecule has 3 aliphatic heterocycles. The van der Waals surface area contributed by atoms with Crippen molar-refractivity contribution in [1.29, 1.82) is 0 Å². The van der Waals surface area contributed by atoms with Gasteiger partial charge in [-0.3, -0.25) is 14.5 Å². The number of pyridine rings is 1. The number of nitrogens with zero attached hydrogens (tertiary/aromatic N) is 1. The van der Waals surface area contributed by atoms with Gasteiger partial charge in [0, 0.05) is 23.6 Å². The van der Waals surface area contributed by atoms with E-state index in [1.165, 1.54) is 24.3 Å². The molecule has 1 aromatic heterocycles. The van der Waals surface area contributed by atoms with Crippen LogP contribution in [0.2, 0.25) is 0 Å². The highest BCUT2D eigenvalue weighted by Gasteiger charge is 2.37. The van der Waals surface area contributed by atoms with Gasteiger partial charge in [0.25, 0.3) is 0 Å². The lowest BCUT2D eigenvalue weighted by molar-refractivity contribution is -0.0336. The Morgan fingerprint density at radius 2 is 1.64 bits per heavy atom. The standard InChI is InChI=1S/C41H48F2N4O6/c42-31-15-17-34(38(43)37(31)39(28-11-7-6-8-12-28)46-41(51)53-35-26-47-22-19-27(35)20-23-47)52-24-10-5-3-1-2-4-9-21-44-25-33(49)29-13-16-32(48)40-30(29)14-18-36(50)45-40/h6-8,11-18,27,35,39,44,48H,1-5,9-10,19-26H2,(H,45,50)(H,46,51). The van der Waals surface area contributed by atoms with E-state index in [2.05, 4.69) is 20.5 Å². The average Bonchev–Trinajstić information content (AvgIpc) is 3.16. The molecule has 1 amide bonds. The summed E-state index contributed by atoms with van der Waals surface area (Å²) in [7, 11) is 0. The highest BCUT2D eigenvalue weighted by Crippen LogP contribution is 2.34. The highest BCUT2D eigenvalue weighted by molar-refractivity contribution is 6.09. The third-order valence-corrected chi connectivity index (χ3v) is 10.3. The van der Waals surface area contributed by atoms with E-state index in [9.17, 15) is 19.5 Å². The van der Waals surface area contributed by atoms with Crippen LogP contribution in [-0.4, -0.2) is 72.3 Å². The van der Waals surface area contributed by atoms with E-state index in [1.54, 1.807) is 42.5 Å². The quantitative estimate of drug-likeness (QED) is 0.0636. The Morgan fingerprint density at radius 3 is 2.38 bits per heavy atom. The summed E-state index contributed by atoms with van der Waals surface area (Å²) in [6, 6.07) is 16.0. The molecule has 0 aliphatic carbocycles. The zero-order valence-electron chi connectivity index (χ0n) is 29.9. The van der Waals surface area contributed by atoms with Gasteiger partial charge in [0.15, 0.2) is 17.3 Å². The van der Waals surface area contributed by atoms with Crippen molar-refractivity contribution >= 4 is 22.8 Å². The number of nitrogens with one attached hydrogen (secondary N) is 3. The number of phenolic OH excluding ortho intramolecular Hbond substituents is 1. The van der Waals surface area contributed by atoms with E-state index in [4.69, 9.17) is 9.47 Å². The molecule has 12 heteroatoms. The largest absolute Gasteiger partial charge is 0.506 e. The summed E-state index contributed by atoms with van der Waals surface area (Å²) in [6.07, 6.45) is 7.60. The number of amides is 1. The number of piperidine rings is 3. The van der Waals surface area contributed by atoms with Crippen LogP contribution in [0.4, 0.5) is 13.6 Å². The van der Waals surface area contributed by atoms with E-state index in [1.807, 2.05) is 0 Å². The number of aromatic hydroxyl groups is 1. The van der Waals surface area contributed by atoms with Crippen LogP contribution in [0.1, 0.15) is 85.3 Å². The number of aromatic nitrogens is 1. The maximum Gasteiger partial charge on any atom is 0.408 e. The molecular weight excluding hydrogens is 682 g/mol. The molecule has 282 valence electrons. The molecule has 3 aliphatic rings. The average molecular weight is 731 g/mol. The van der Waals surface area contributed by atoms with Crippen molar-refractivity contribution in [2.45, 2.75) is 69.9 Å². The molecule has 10 nitrogen and oxygen atoms in total. The Kier molecular flexibility index (Phi) is 13.1. The fourth-order valence-electron chi connectivity index (χ4n) is 7.42. The lowest BCUT2D eigenvalue weighted by Gasteiger charge is -2.43. The predicted molar refractivity (Wildman–Crippen MR) is 198 cm³/mol. The minimum Gasteiger partial charge on any atom is -0.506 e. The van der Waals surface area contributed by atoms with Crippen LogP contribution in [0.3, 0.4) is 0 Å². The Bertz CT molecular complexity index is 1910. The van der Waals surface area contributed by atoms with Crippen molar-refractivity contribution in [3.8, 4) is 11.5 Å². The Morgan fingerprint density at radius 1 is 0.906 bits per heavy atom. The van der Waals surface area contributed by atoms with Crippen LogP contribution in [-0.2, 0) is 4.74 Å². The topological polar surface area (TPSA) is 133 Å². The van der Waals surface area contributed by atoms with Crippen LogP contribution in [0.25, 0.3) is 10.9 Å². The minimum atomic E-state index is -1.10. The highest BCUT2D eigenvalue weighted by atomic mass is 19.1. The molecule has 3 aromatic carbocycles. The van der Waals surface area contributed by atoms with Crippen molar-refractivity contribution in [1.82, 2.24) is 20.5 Å². The van der Waals surface area contributed by atoms with E-state index >= 15 is 8.78 Å². The lowest BCUT2D eigenvalue weighted by atomic mass is 9.86. The number of phenols is 1. The van der Waals surface area contributed by atoms with Crippen molar-refractivity contribution in [3.63, 3.8) is 0 Å². The first-order chi connectivity index (χ1) is 25.8. The summed E-state index contributed by atoms with van der Waals surface area (Å²) in [4.78, 5) is 42.3. The van der Waals surface area contributed by atoms with Crippen LogP contribution in [0, 0.1) is 17.6 Å². The zero-order valence-corrected chi connectivity index (χ0v) is 29.9. The second-order valence-electron chi connectivity index (χ2n) is 14.0. The third kappa shape index (κ3) is 9.79. The minimum absolute atomic E-state index is 0.0607. The fraction of sp³-hybridized carbons (Fsp3) is 0.439. The summed E-state index contributed by atoms with van der Waals surface area (Å²) in [5, 5.41) is 16.5. The van der Waals surface area contributed by atoms with Gasteiger partial charge in [-0.1, -0.05) is 62.4 Å². The zero-order chi connectivity index (χ0) is 37.2. The van der Waals surface area contributed by atoms with Gasteiger partial charge in [-0.25, -0.2) is 13.6 Å². The van der Waals surface area contributed by atoms with Crippen LogP contribution >= 0.6 is 0 Å². The summed E-state index contributed by atoms with van der Waals surface area (Å²) < 4.78 is 42.8. The first kappa shape index (κ1) is 37.9.